The van der Waals surface area contributed by atoms with Gasteiger partial charge >= 0.3 is 5.97 Å². The molecule has 7 nitrogen and oxygen atoms in total. The minimum absolute atomic E-state index is 0.0140. The Hall–Kier alpha value is -2.22. The van der Waals surface area contributed by atoms with Gasteiger partial charge in [0.05, 0.1) is 21.8 Å². The highest BCUT2D eigenvalue weighted by Gasteiger charge is 2.28. The van der Waals surface area contributed by atoms with Crippen LogP contribution >= 0.6 is 0 Å². The second kappa shape index (κ2) is 5.04. The van der Waals surface area contributed by atoms with Crippen molar-refractivity contribution in [2.45, 2.75) is 17.7 Å². The molecule has 0 fully saturated rings. The number of hydrogen-bond donors (Lipinski definition) is 2. The van der Waals surface area contributed by atoms with Crippen LogP contribution in [0.3, 0.4) is 0 Å². The van der Waals surface area contributed by atoms with E-state index in [-0.39, 0.29) is 34.6 Å². The van der Waals surface area contributed by atoms with Gasteiger partial charge in [-0.25, -0.2) is 8.42 Å². The Kier molecular flexibility index (Phi) is 3.58. The standard InChI is InChI=1S/C12H11NO6S/c14-10(15)2-1-5-20(18,19)7-3-4-8-9(6-7)12(17)13-11(8)16/h3-4,6H,1-2,5H2,(H,14,15)(H,13,16,17). The van der Waals surface area contributed by atoms with Gasteiger partial charge in [0, 0.05) is 6.42 Å². The molecule has 2 rings (SSSR count). The minimum Gasteiger partial charge on any atom is -0.481 e. The summed E-state index contributed by atoms with van der Waals surface area (Å²) in [7, 11) is -3.67. The highest BCUT2D eigenvalue weighted by Crippen LogP contribution is 2.21. The van der Waals surface area contributed by atoms with Crippen molar-refractivity contribution in [3.05, 3.63) is 29.3 Å². The summed E-state index contributed by atoms with van der Waals surface area (Å²) >= 11 is 0. The van der Waals surface area contributed by atoms with Crippen molar-refractivity contribution < 1.29 is 27.9 Å². The zero-order chi connectivity index (χ0) is 14.9. The van der Waals surface area contributed by atoms with Gasteiger partial charge in [-0.05, 0) is 24.6 Å². The number of carbonyl (C=O) groups excluding carboxylic acids is 2. The maximum atomic E-state index is 12.0. The second-order valence-corrected chi connectivity index (χ2v) is 6.42. The normalized spacial score (nSPS) is 14.0. The molecule has 1 aliphatic heterocycles. The Balaban J connectivity index is 2.26. The number of aliphatic carboxylic acids is 1. The SMILES string of the molecule is O=C(O)CCCS(=O)(=O)c1ccc2c(c1)C(=O)NC2=O. The summed E-state index contributed by atoms with van der Waals surface area (Å²) in [4.78, 5) is 33.1. The van der Waals surface area contributed by atoms with Crippen LogP contribution in [0.1, 0.15) is 33.6 Å². The quantitative estimate of drug-likeness (QED) is 0.750. The van der Waals surface area contributed by atoms with Gasteiger partial charge in [-0.15, -0.1) is 0 Å². The average Bonchev–Trinajstić information content (AvgIpc) is 2.64. The Morgan fingerprint density at radius 3 is 2.45 bits per heavy atom. The van der Waals surface area contributed by atoms with E-state index in [1.54, 1.807) is 0 Å². The molecule has 20 heavy (non-hydrogen) atoms. The second-order valence-electron chi connectivity index (χ2n) is 4.31. The van der Waals surface area contributed by atoms with Crippen molar-refractivity contribution in [1.29, 1.82) is 0 Å². The van der Waals surface area contributed by atoms with Crippen LogP contribution < -0.4 is 5.32 Å². The minimum atomic E-state index is -3.67. The summed E-state index contributed by atoms with van der Waals surface area (Å²) in [6, 6.07) is 3.67. The van der Waals surface area contributed by atoms with Gasteiger partial charge in [-0.2, -0.15) is 0 Å². The summed E-state index contributed by atoms with van der Waals surface area (Å²) < 4.78 is 24.0. The lowest BCUT2D eigenvalue weighted by atomic mass is 10.1. The molecule has 1 aliphatic rings. The van der Waals surface area contributed by atoms with Gasteiger partial charge in [0.25, 0.3) is 11.8 Å². The molecular formula is C12H11NO6S. The maximum absolute atomic E-state index is 12.0. The molecule has 0 atom stereocenters. The van der Waals surface area contributed by atoms with E-state index < -0.39 is 27.6 Å². The largest absolute Gasteiger partial charge is 0.481 e. The number of rotatable bonds is 5. The third-order valence-corrected chi connectivity index (χ3v) is 4.67. The monoisotopic (exact) mass is 297 g/mol. The summed E-state index contributed by atoms with van der Waals surface area (Å²) in [5, 5.41) is 10.6. The molecule has 106 valence electrons. The fraction of sp³-hybridized carbons (Fsp3) is 0.250. The van der Waals surface area contributed by atoms with Crippen molar-refractivity contribution in [3.63, 3.8) is 0 Å². The lowest BCUT2D eigenvalue weighted by Crippen LogP contribution is -2.19. The highest BCUT2D eigenvalue weighted by atomic mass is 32.2. The number of hydrogen-bond acceptors (Lipinski definition) is 5. The fourth-order valence-electron chi connectivity index (χ4n) is 1.87. The van der Waals surface area contributed by atoms with Gasteiger partial charge in [0.15, 0.2) is 9.84 Å². The molecule has 0 saturated heterocycles. The van der Waals surface area contributed by atoms with E-state index >= 15 is 0 Å². The van der Waals surface area contributed by atoms with Gasteiger partial charge in [-0.3, -0.25) is 19.7 Å². The zero-order valence-electron chi connectivity index (χ0n) is 10.3. The molecule has 8 heteroatoms. The number of benzene rings is 1. The van der Waals surface area contributed by atoms with Crippen LogP contribution in [0.5, 0.6) is 0 Å². The van der Waals surface area contributed by atoms with Crippen molar-refractivity contribution in [2.24, 2.45) is 0 Å². The molecule has 2 amide bonds. The predicted molar refractivity (Wildman–Crippen MR) is 67.2 cm³/mol. The Bertz CT molecular complexity index is 707. The summed E-state index contributed by atoms with van der Waals surface area (Å²) in [6.07, 6.45) is -0.261. The van der Waals surface area contributed by atoms with E-state index in [0.29, 0.717) is 0 Å². The summed E-state index contributed by atoms with van der Waals surface area (Å²) in [5.41, 5.74) is 0.161. The number of nitrogens with one attached hydrogen (secondary N) is 1. The van der Waals surface area contributed by atoms with Crippen molar-refractivity contribution >= 4 is 27.6 Å². The van der Waals surface area contributed by atoms with Crippen LogP contribution in [0.15, 0.2) is 23.1 Å². The number of amides is 2. The fourth-order valence-corrected chi connectivity index (χ4v) is 3.20. The van der Waals surface area contributed by atoms with Gasteiger partial charge in [-0.1, -0.05) is 0 Å². The van der Waals surface area contributed by atoms with Crippen molar-refractivity contribution in [1.82, 2.24) is 5.32 Å². The molecule has 0 radical (unpaired) electrons. The zero-order valence-corrected chi connectivity index (χ0v) is 11.1. The molecule has 1 aromatic rings. The molecular weight excluding hydrogens is 286 g/mol. The van der Waals surface area contributed by atoms with Crippen LogP contribution in [0.2, 0.25) is 0 Å². The van der Waals surface area contributed by atoms with E-state index in [1.807, 2.05) is 0 Å². The topological polar surface area (TPSA) is 118 Å². The molecule has 0 aromatic heterocycles. The Morgan fingerprint density at radius 2 is 1.80 bits per heavy atom. The molecule has 0 aliphatic carbocycles. The molecule has 2 N–H and O–H groups in total. The van der Waals surface area contributed by atoms with E-state index in [2.05, 4.69) is 5.32 Å². The average molecular weight is 297 g/mol. The number of sulfone groups is 1. The van der Waals surface area contributed by atoms with E-state index in [0.717, 1.165) is 6.07 Å². The van der Waals surface area contributed by atoms with Gasteiger partial charge in [0.2, 0.25) is 0 Å². The number of carboxylic acid groups (broad SMARTS) is 1. The van der Waals surface area contributed by atoms with Crippen LogP contribution in [-0.4, -0.2) is 37.1 Å². The first-order chi connectivity index (χ1) is 9.31. The van der Waals surface area contributed by atoms with Crippen LogP contribution in [0.25, 0.3) is 0 Å². The Labute approximate surface area is 114 Å². The third-order valence-electron chi connectivity index (χ3n) is 2.87. The lowest BCUT2D eigenvalue weighted by Gasteiger charge is -2.04. The van der Waals surface area contributed by atoms with Crippen LogP contribution in [-0.2, 0) is 14.6 Å². The van der Waals surface area contributed by atoms with Crippen LogP contribution in [0, 0.1) is 0 Å². The van der Waals surface area contributed by atoms with Crippen molar-refractivity contribution in [2.75, 3.05) is 5.75 Å². The lowest BCUT2D eigenvalue weighted by molar-refractivity contribution is -0.137. The number of imide groups is 1. The van der Waals surface area contributed by atoms with Gasteiger partial charge < -0.3 is 5.11 Å². The first-order valence-corrected chi connectivity index (χ1v) is 7.41. The Morgan fingerprint density at radius 1 is 1.15 bits per heavy atom. The number of fused-ring (bicyclic) bond motifs is 1. The van der Waals surface area contributed by atoms with Crippen molar-refractivity contribution in [3.8, 4) is 0 Å². The van der Waals surface area contributed by atoms with E-state index in [1.165, 1.54) is 12.1 Å². The maximum Gasteiger partial charge on any atom is 0.303 e. The first-order valence-electron chi connectivity index (χ1n) is 5.75. The summed E-state index contributed by atoms with van der Waals surface area (Å²) in [6.45, 7) is 0. The predicted octanol–water partition coefficient (Wildman–Crippen LogP) is 0.209. The number of carboxylic acids is 1. The molecule has 1 heterocycles. The van der Waals surface area contributed by atoms with Gasteiger partial charge in [0.1, 0.15) is 0 Å². The molecule has 0 spiro atoms. The number of carbonyl (C=O) groups is 3. The molecule has 0 unspecified atom stereocenters. The molecule has 1 aromatic carbocycles. The highest BCUT2D eigenvalue weighted by molar-refractivity contribution is 7.91. The smallest absolute Gasteiger partial charge is 0.303 e. The van der Waals surface area contributed by atoms with Crippen LogP contribution in [0.4, 0.5) is 0 Å². The van der Waals surface area contributed by atoms with E-state index in [9.17, 15) is 22.8 Å². The molecule has 0 saturated carbocycles. The first kappa shape index (κ1) is 14.2. The molecule has 0 bridgehead atoms. The summed E-state index contributed by atoms with van der Waals surface area (Å²) in [5.74, 6) is -2.58. The van der Waals surface area contributed by atoms with E-state index in [4.69, 9.17) is 5.11 Å². The third kappa shape index (κ3) is 2.69.